The van der Waals surface area contributed by atoms with Gasteiger partial charge < -0.3 is 9.88 Å². The minimum Gasteiger partial charge on any atom is -0.340 e. The van der Waals surface area contributed by atoms with Crippen LogP contribution in [0.1, 0.15) is 0 Å². The Morgan fingerprint density at radius 3 is 2.76 bits per heavy atom. The van der Waals surface area contributed by atoms with Crippen LogP contribution >= 0.6 is 0 Å². The fourth-order valence-corrected chi connectivity index (χ4v) is 1.69. The highest BCUT2D eigenvalue weighted by molar-refractivity contribution is 5.74. The number of aromatic nitrogens is 3. The number of hydrogen-bond donors (Lipinski definition) is 1. The van der Waals surface area contributed by atoms with Crippen LogP contribution in [0.5, 0.6) is 0 Å². The summed E-state index contributed by atoms with van der Waals surface area (Å²) in [4.78, 5) is 8.60. The van der Waals surface area contributed by atoms with Crippen molar-refractivity contribution in [2.45, 2.75) is 0 Å². The molecule has 1 aromatic carbocycles. The van der Waals surface area contributed by atoms with Gasteiger partial charge in [-0.25, -0.2) is 9.97 Å². The SMILES string of the molecule is Cn1[c]nc2ccc(Nc3ccccc3)nc21. The molecule has 0 aliphatic heterocycles. The highest BCUT2D eigenvalue weighted by Gasteiger charge is 2.03. The first-order valence-corrected chi connectivity index (χ1v) is 5.36. The molecule has 3 rings (SSSR count). The molecule has 17 heavy (non-hydrogen) atoms. The van der Waals surface area contributed by atoms with Crippen LogP contribution in [-0.2, 0) is 7.05 Å². The van der Waals surface area contributed by atoms with Crippen LogP contribution in [0.2, 0.25) is 0 Å². The largest absolute Gasteiger partial charge is 0.340 e. The van der Waals surface area contributed by atoms with Gasteiger partial charge in [-0.3, -0.25) is 0 Å². The van der Waals surface area contributed by atoms with Crippen LogP contribution in [-0.4, -0.2) is 14.5 Å². The van der Waals surface area contributed by atoms with Crippen molar-refractivity contribution in [3.8, 4) is 0 Å². The maximum atomic E-state index is 4.49. The summed E-state index contributed by atoms with van der Waals surface area (Å²) in [5.74, 6) is 0.806. The van der Waals surface area contributed by atoms with Crippen molar-refractivity contribution in [1.29, 1.82) is 0 Å². The lowest BCUT2D eigenvalue weighted by Crippen LogP contribution is -1.95. The average Bonchev–Trinajstić information content (AvgIpc) is 2.73. The van der Waals surface area contributed by atoms with Crippen LogP contribution in [0.15, 0.2) is 42.5 Å². The molecular weight excluding hydrogens is 212 g/mol. The minimum absolute atomic E-state index is 0.806. The Hall–Kier alpha value is -2.36. The molecule has 4 heteroatoms. The topological polar surface area (TPSA) is 42.7 Å². The molecule has 0 saturated heterocycles. The summed E-state index contributed by atoms with van der Waals surface area (Å²) in [6.45, 7) is 0. The third-order valence-corrected chi connectivity index (χ3v) is 2.54. The molecule has 1 N–H and O–H groups in total. The highest BCUT2D eigenvalue weighted by Crippen LogP contribution is 2.17. The molecule has 2 aromatic heterocycles. The number of aryl methyl sites for hydroxylation is 1. The Labute approximate surface area is 98.9 Å². The van der Waals surface area contributed by atoms with E-state index in [1.165, 1.54) is 0 Å². The summed E-state index contributed by atoms with van der Waals surface area (Å²) in [6, 6.07) is 13.8. The van der Waals surface area contributed by atoms with Crippen molar-refractivity contribution in [2.24, 2.45) is 7.05 Å². The highest BCUT2D eigenvalue weighted by atomic mass is 15.1. The number of para-hydroxylation sites is 1. The lowest BCUT2D eigenvalue weighted by molar-refractivity contribution is 0.920. The monoisotopic (exact) mass is 223 g/mol. The molecule has 1 radical (unpaired) electrons. The lowest BCUT2D eigenvalue weighted by atomic mass is 10.3. The first-order chi connectivity index (χ1) is 8.33. The third kappa shape index (κ3) is 1.85. The summed E-state index contributed by atoms with van der Waals surface area (Å²) < 4.78 is 1.78. The van der Waals surface area contributed by atoms with E-state index in [0.717, 1.165) is 22.7 Å². The molecule has 4 nitrogen and oxygen atoms in total. The van der Waals surface area contributed by atoms with Gasteiger partial charge in [0.15, 0.2) is 12.0 Å². The number of rotatable bonds is 2. The number of nitrogens with one attached hydrogen (secondary N) is 1. The molecule has 3 aromatic rings. The fourth-order valence-electron chi connectivity index (χ4n) is 1.69. The van der Waals surface area contributed by atoms with Gasteiger partial charge in [-0.1, -0.05) is 18.2 Å². The quantitative estimate of drug-likeness (QED) is 0.725. The number of fused-ring (bicyclic) bond motifs is 1. The van der Waals surface area contributed by atoms with Crippen molar-refractivity contribution in [2.75, 3.05) is 5.32 Å². The first kappa shape index (κ1) is 9.84. The molecule has 0 spiro atoms. The molecule has 0 saturated carbocycles. The van der Waals surface area contributed by atoms with Crippen LogP contribution in [0.3, 0.4) is 0 Å². The fraction of sp³-hybridized carbons (Fsp3) is 0.0769. The number of imidazole rings is 1. The summed E-state index contributed by atoms with van der Waals surface area (Å²) in [7, 11) is 1.88. The van der Waals surface area contributed by atoms with Crippen LogP contribution < -0.4 is 5.32 Å². The van der Waals surface area contributed by atoms with Crippen molar-refractivity contribution in [3.63, 3.8) is 0 Å². The molecule has 83 valence electrons. The van der Waals surface area contributed by atoms with Crippen molar-refractivity contribution < 1.29 is 0 Å². The predicted octanol–water partition coefficient (Wildman–Crippen LogP) is 2.51. The van der Waals surface area contributed by atoms with Crippen molar-refractivity contribution in [3.05, 3.63) is 48.8 Å². The van der Waals surface area contributed by atoms with Crippen LogP contribution in [0, 0.1) is 6.33 Å². The third-order valence-electron chi connectivity index (χ3n) is 2.54. The van der Waals surface area contributed by atoms with E-state index in [-0.39, 0.29) is 0 Å². The van der Waals surface area contributed by atoms with Crippen molar-refractivity contribution >= 4 is 22.7 Å². The van der Waals surface area contributed by atoms with E-state index in [1.807, 2.05) is 49.5 Å². The van der Waals surface area contributed by atoms with Gasteiger partial charge >= 0.3 is 0 Å². The van der Waals surface area contributed by atoms with Gasteiger partial charge in [0.2, 0.25) is 0 Å². The molecule has 0 unspecified atom stereocenters. The van der Waals surface area contributed by atoms with Gasteiger partial charge in [-0.2, -0.15) is 0 Å². The minimum atomic E-state index is 0.806. The van der Waals surface area contributed by atoms with Gasteiger partial charge in [-0.05, 0) is 24.3 Å². The van der Waals surface area contributed by atoms with E-state index in [2.05, 4.69) is 21.6 Å². The number of nitrogens with zero attached hydrogens (tertiary/aromatic N) is 3. The van der Waals surface area contributed by atoms with Gasteiger partial charge in [0, 0.05) is 12.7 Å². The first-order valence-electron chi connectivity index (χ1n) is 5.36. The van der Waals surface area contributed by atoms with E-state index in [0.29, 0.717) is 0 Å². The second-order valence-corrected chi connectivity index (χ2v) is 3.80. The molecule has 0 atom stereocenters. The number of hydrogen-bond acceptors (Lipinski definition) is 3. The maximum Gasteiger partial charge on any atom is 0.178 e. The summed E-state index contributed by atoms with van der Waals surface area (Å²) in [6.07, 6.45) is 2.84. The predicted molar refractivity (Wildman–Crippen MR) is 67.1 cm³/mol. The summed E-state index contributed by atoms with van der Waals surface area (Å²) in [5, 5.41) is 3.25. The number of benzene rings is 1. The maximum absolute atomic E-state index is 4.49. The molecule has 0 bridgehead atoms. The Morgan fingerprint density at radius 1 is 1.12 bits per heavy atom. The summed E-state index contributed by atoms with van der Waals surface area (Å²) >= 11 is 0. The molecule has 0 aliphatic rings. The van der Waals surface area contributed by atoms with Gasteiger partial charge in [0.05, 0.1) is 0 Å². The summed E-state index contributed by atoms with van der Waals surface area (Å²) in [5.41, 5.74) is 2.70. The number of anilines is 2. The van der Waals surface area contributed by atoms with Crippen molar-refractivity contribution in [1.82, 2.24) is 14.5 Å². The van der Waals surface area contributed by atoms with Gasteiger partial charge in [-0.15, -0.1) is 0 Å². The zero-order chi connectivity index (χ0) is 11.7. The Kier molecular flexibility index (Phi) is 2.26. The van der Waals surface area contributed by atoms with E-state index < -0.39 is 0 Å². The lowest BCUT2D eigenvalue weighted by Gasteiger charge is -2.05. The van der Waals surface area contributed by atoms with E-state index in [9.17, 15) is 0 Å². The number of pyridine rings is 1. The molecular formula is C13H11N4. The smallest absolute Gasteiger partial charge is 0.178 e. The second kappa shape index (κ2) is 3.90. The molecule has 0 fully saturated rings. The molecule has 0 aliphatic carbocycles. The normalized spacial score (nSPS) is 10.6. The van der Waals surface area contributed by atoms with E-state index in [1.54, 1.807) is 4.57 Å². The van der Waals surface area contributed by atoms with Gasteiger partial charge in [0.25, 0.3) is 0 Å². The molecule has 2 heterocycles. The Morgan fingerprint density at radius 2 is 1.94 bits per heavy atom. The second-order valence-electron chi connectivity index (χ2n) is 3.80. The van der Waals surface area contributed by atoms with Crippen LogP contribution in [0.25, 0.3) is 11.2 Å². The Bertz CT molecular complexity index is 643. The zero-order valence-corrected chi connectivity index (χ0v) is 9.38. The van der Waals surface area contributed by atoms with E-state index >= 15 is 0 Å². The Balaban J connectivity index is 1.98. The average molecular weight is 223 g/mol. The van der Waals surface area contributed by atoms with E-state index in [4.69, 9.17) is 0 Å². The van der Waals surface area contributed by atoms with Gasteiger partial charge in [0.1, 0.15) is 11.3 Å². The molecule has 0 amide bonds. The standard InChI is InChI=1S/C13H11N4/c1-17-9-14-11-7-8-12(16-13(11)17)15-10-5-3-2-4-6-10/h2-8H,1H3,(H,15,16). The zero-order valence-electron chi connectivity index (χ0n) is 9.38. The van der Waals surface area contributed by atoms with Crippen LogP contribution in [0.4, 0.5) is 11.5 Å².